The Morgan fingerprint density at radius 1 is 1.29 bits per heavy atom. The number of carbonyl (C=O) groups is 1. The van der Waals surface area contributed by atoms with Gasteiger partial charge < -0.3 is 13.9 Å². The van der Waals surface area contributed by atoms with Gasteiger partial charge in [0.25, 0.3) is 5.91 Å². The Hall–Kier alpha value is -2.18. The third kappa shape index (κ3) is 2.22. The molecule has 7 heteroatoms. The minimum Gasteiger partial charge on any atom is -0.351 e. The molecule has 2 aliphatic rings. The molecule has 2 aromatic heterocycles. The smallest absolute Gasteiger partial charge is 0.293 e. The highest BCUT2D eigenvalue weighted by Crippen LogP contribution is 2.40. The zero-order chi connectivity index (χ0) is 14.4. The molecule has 3 heterocycles. The lowest BCUT2D eigenvalue weighted by Gasteiger charge is -2.20. The van der Waals surface area contributed by atoms with Crippen molar-refractivity contribution in [1.82, 2.24) is 20.2 Å². The molecule has 21 heavy (non-hydrogen) atoms. The topological polar surface area (TPSA) is 85.3 Å². The van der Waals surface area contributed by atoms with Gasteiger partial charge in [-0.1, -0.05) is 10.3 Å². The average Bonchev–Trinajstić information content (AvgIpc) is 2.94. The van der Waals surface area contributed by atoms with Crippen LogP contribution in [0, 0.1) is 6.92 Å². The van der Waals surface area contributed by atoms with Crippen molar-refractivity contribution in [3.05, 3.63) is 29.2 Å². The summed E-state index contributed by atoms with van der Waals surface area (Å²) in [4.78, 5) is 18.7. The molecule has 2 aromatic rings. The monoisotopic (exact) mass is 288 g/mol. The molecular weight excluding hydrogens is 272 g/mol. The second kappa shape index (κ2) is 4.68. The number of hydrogen-bond acceptors (Lipinski definition) is 6. The van der Waals surface area contributed by atoms with Gasteiger partial charge in [-0.3, -0.25) is 4.79 Å². The van der Waals surface area contributed by atoms with Crippen LogP contribution >= 0.6 is 0 Å². The van der Waals surface area contributed by atoms with E-state index in [9.17, 15) is 4.79 Å². The van der Waals surface area contributed by atoms with Gasteiger partial charge in [0.1, 0.15) is 0 Å². The van der Waals surface area contributed by atoms with Gasteiger partial charge in [0.05, 0.1) is 11.7 Å². The Kier molecular flexibility index (Phi) is 2.80. The maximum Gasteiger partial charge on any atom is 0.293 e. The summed E-state index contributed by atoms with van der Waals surface area (Å²) >= 11 is 0. The zero-order valence-corrected chi connectivity index (χ0v) is 11.8. The van der Waals surface area contributed by atoms with Gasteiger partial charge in [0.15, 0.2) is 5.82 Å². The standard InChI is InChI=1S/C14H16N4O3/c1-8-7-11(20-16-8)14(19)18-6-2-3-10(18)12-15-13(21-17-12)9-4-5-9/h7,9-10H,2-6H2,1H3/t10-/m0/s1. The summed E-state index contributed by atoms with van der Waals surface area (Å²) in [5.41, 5.74) is 0.699. The van der Waals surface area contributed by atoms with Crippen molar-refractivity contribution >= 4 is 5.91 Å². The van der Waals surface area contributed by atoms with E-state index in [1.807, 2.05) is 0 Å². The van der Waals surface area contributed by atoms with Crippen molar-refractivity contribution < 1.29 is 13.8 Å². The molecule has 0 aromatic carbocycles. The number of aromatic nitrogens is 3. The molecule has 0 N–H and O–H groups in total. The maximum absolute atomic E-state index is 12.5. The quantitative estimate of drug-likeness (QED) is 0.860. The lowest BCUT2D eigenvalue weighted by Crippen LogP contribution is -2.30. The predicted molar refractivity (Wildman–Crippen MR) is 70.5 cm³/mol. The molecule has 110 valence electrons. The third-order valence-electron chi connectivity index (χ3n) is 4.03. The van der Waals surface area contributed by atoms with Gasteiger partial charge in [0, 0.05) is 18.5 Å². The van der Waals surface area contributed by atoms with Gasteiger partial charge in [-0.15, -0.1) is 0 Å². The lowest BCUT2D eigenvalue weighted by molar-refractivity contribution is 0.0686. The Balaban J connectivity index is 1.57. The summed E-state index contributed by atoms with van der Waals surface area (Å²) in [5.74, 6) is 1.86. The fourth-order valence-electron chi connectivity index (χ4n) is 2.76. The predicted octanol–water partition coefficient (Wildman–Crippen LogP) is 2.22. The average molecular weight is 288 g/mol. The largest absolute Gasteiger partial charge is 0.351 e. The highest BCUT2D eigenvalue weighted by molar-refractivity contribution is 5.91. The molecule has 0 unspecified atom stereocenters. The summed E-state index contributed by atoms with van der Waals surface area (Å²) in [5, 5.41) is 7.83. The van der Waals surface area contributed by atoms with E-state index in [2.05, 4.69) is 15.3 Å². The Bertz CT molecular complexity index is 673. The molecule has 0 radical (unpaired) electrons. The van der Waals surface area contributed by atoms with E-state index >= 15 is 0 Å². The normalized spacial score (nSPS) is 22.0. The van der Waals surface area contributed by atoms with Gasteiger partial charge in [0.2, 0.25) is 11.7 Å². The van der Waals surface area contributed by atoms with E-state index in [4.69, 9.17) is 9.05 Å². The van der Waals surface area contributed by atoms with E-state index in [1.54, 1.807) is 17.9 Å². The highest BCUT2D eigenvalue weighted by Gasteiger charge is 2.37. The second-order valence-corrected chi connectivity index (χ2v) is 5.75. The van der Waals surface area contributed by atoms with Crippen molar-refractivity contribution in [1.29, 1.82) is 0 Å². The molecule has 1 saturated carbocycles. The van der Waals surface area contributed by atoms with Crippen LogP contribution in [0.3, 0.4) is 0 Å². The van der Waals surface area contributed by atoms with Crippen LogP contribution in [-0.4, -0.2) is 32.6 Å². The first-order valence-electron chi connectivity index (χ1n) is 7.30. The second-order valence-electron chi connectivity index (χ2n) is 5.75. The number of nitrogens with zero attached hydrogens (tertiary/aromatic N) is 4. The number of aryl methyl sites for hydroxylation is 1. The van der Waals surface area contributed by atoms with Gasteiger partial charge in [-0.05, 0) is 32.6 Å². The zero-order valence-electron chi connectivity index (χ0n) is 11.8. The Morgan fingerprint density at radius 3 is 2.86 bits per heavy atom. The summed E-state index contributed by atoms with van der Waals surface area (Å²) in [6.07, 6.45) is 4.01. The van der Waals surface area contributed by atoms with Crippen LogP contribution < -0.4 is 0 Å². The highest BCUT2D eigenvalue weighted by atomic mass is 16.5. The molecule has 2 fully saturated rings. The number of likely N-dealkylation sites (tertiary alicyclic amines) is 1. The van der Waals surface area contributed by atoms with Crippen LogP contribution in [-0.2, 0) is 0 Å². The molecule has 1 saturated heterocycles. The van der Waals surface area contributed by atoms with Crippen molar-refractivity contribution in [2.45, 2.75) is 44.6 Å². The van der Waals surface area contributed by atoms with Crippen molar-refractivity contribution in [2.24, 2.45) is 0 Å². The van der Waals surface area contributed by atoms with Crippen LogP contribution in [0.5, 0.6) is 0 Å². The Morgan fingerprint density at radius 2 is 2.14 bits per heavy atom. The molecule has 1 atom stereocenters. The van der Waals surface area contributed by atoms with Gasteiger partial charge in [-0.2, -0.15) is 4.98 Å². The van der Waals surface area contributed by atoms with E-state index in [-0.39, 0.29) is 17.7 Å². The number of amides is 1. The minimum atomic E-state index is -0.157. The first kappa shape index (κ1) is 12.6. The van der Waals surface area contributed by atoms with Gasteiger partial charge in [-0.25, -0.2) is 0 Å². The number of carbonyl (C=O) groups excluding carboxylic acids is 1. The van der Waals surface area contributed by atoms with Crippen molar-refractivity contribution in [2.75, 3.05) is 6.54 Å². The third-order valence-corrected chi connectivity index (χ3v) is 4.03. The maximum atomic E-state index is 12.5. The van der Waals surface area contributed by atoms with Crippen LogP contribution in [0.25, 0.3) is 0 Å². The van der Waals surface area contributed by atoms with E-state index in [1.165, 1.54) is 0 Å². The SMILES string of the molecule is Cc1cc(C(=O)N2CCC[C@H]2c2noc(C3CC3)n2)on1. The van der Waals surface area contributed by atoms with Gasteiger partial charge >= 0.3 is 0 Å². The lowest BCUT2D eigenvalue weighted by atomic mass is 10.2. The molecule has 0 spiro atoms. The first-order chi connectivity index (χ1) is 10.2. The molecule has 0 bridgehead atoms. The molecule has 4 rings (SSSR count). The molecule has 1 aliphatic heterocycles. The van der Waals surface area contributed by atoms with E-state index < -0.39 is 0 Å². The first-order valence-corrected chi connectivity index (χ1v) is 7.30. The fourth-order valence-corrected chi connectivity index (χ4v) is 2.76. The van der Waals surface area contributed by atoms with Crippen molar-refractivity contribution in [3.63, 3.8) is 0 Å². The molecule has 7 nitrogen and oxygen atoms in total. The summed E-state index contributed by atoms with van der Waals surface area (Å²) in [6, 6.07) is 1.53. The van der Waals surface area contributed by atoms with Crippen LogP contribution in [0.2, 0.25) is 0 Å². The minimum absolute atomic E-state index is 0.126. The summed E-state index contributed by atoms with van der Waals surface area (Å²) < 4.78 is 10.4. The summed E-state index contributed by atoms with van der Waals surface area (Å²) in [7, 11) is 0. The summed E-state index contributed by atoms with van der Waals surface area (Å²) in [6.45, 7) is 2.47. The van der Waals surface area contributed by atoms with Crippen molar-refractivity contribution in [3.8, 4) is 0 Å². The number of hydrogen-bond donors (Lipinski definition) is 0. The van der Waals surface area contributed by atoms with Crippen LogP contribution in [0.15, 0.2) is 15.1 Å². The molecular formula is C14H16N4O3. The molecule has 1 amide bonds. The fraction of sp³-hybridized carbons (Fsp3) is 0.571. The van der Waals surface area contributed by atoms with E-state index in [0.29, 0.717) is 29.9 Å². The van der Waals surface area contributed by atoms with E-state index in [0.717, 1.165) is 25.7 Å². The Labute approximate surface area is 121 Å². The van der Waals surface area contributed by atoms with Crippen LogP contribution in [0.1, 0.15) is 65.6 Å². The number of rotatable bonds is 3. The van der Waals surface area contributed by atoms with Crippen LogP contribution in [0.4, 0.5) is 0 Å². The molecule has 1 aliphatic carbocycles.